The first-order valence-electron chi connectivity index (χ1n) is 7.43. The fraction of sp³-hybridized carbons (Fsp3) is 0.750. The van der Waals surface area contributed by atoms with Crippen LogP contribution >= 0.6 is 0 Å². The molecule has 1 unspecified atom stereocenters. The standard InChI is InChI=1S/C16H30N2O/c1-7-17-10-15-9-16(19-14(15)5)11-18(6)13(4)8-12(2)3/h9,12-13,17H,7-8,10-11H2,1-6H3. The molecule has 19 heavy (non-hydrogen) atoms. The number of furan rings is 1. The Morgan fingerprint density at radius 2 is 2.00 bits per heavy atom. The predicted molar refractivity (Wildman–Crippen MR) is 81.2 cm³/mol. The monoisotopic (exact) mass is 266 g/mol. The number of rotatable bonds is 8. The maximum atomic E-state index is 5.86. The third kappa shape index (κ3) is 5.37. The quantitative estimate of drug-likeness (QED) is 0.780. The largest absolute Gasteiger partial charge is 0.465 e. The highest BCUT2D eigenvalue weighted by molar-refractivity contribution is 5.20. The van der Waals surface area contributed by atoms with Crippen molar-refractivity contribution in [2.75, 3.05) is 13.6 Å². The topological polar surface area (TPSA) is 28.4 Å². The van der Waals surface area contributed by atoms with Gasteiger partial charge in [-0.15, -0.1) is 0 Å². The molecule has 0 saturated heterocycles. The maximum Gasteiger partial charge on any atom is 0.118 e. The fourth-order valence-corrected chi connectivity index (χ4v) is 2.36. The first-order chi connectivity index (χ1) is 8.93. The Bertz CT molecular complexity index is 371. The van der Waals surface area contributed by atoms with Gasteiger partial charge in [-0.3, -0.25) is 4.90 Å². The van der Waals surface area contributed by atoms with Gasteiger partial charge in [-0.25, -0.2) is 0 Å². The van der Waals surface area contributed by atoms with E-state index in [1.54, 1.807) is 0 Å². The van der Waals surface area contributed by atoms with Crippen molar-refractivity contribution in [3.05, 3.63) is 23.2 Å². The second-order valence-electron chi connectivity index (χ2n) is 5.97. The van der Waals surface area contributed by atoms with E-state index in [9.17, 15) is 0 Å². The van der Waals surface area contributed by atoms with Crippen molar-refractivity contribution in [3.63, 3.8) is 0 Å². The van der Waals surface area contributed by atoms with Crippen LogP contribution in [0, 0.1) is 12.8 Å². The number of hydrogen-bond donors (Lipinski definition) is 1. The molecule has 0 aliphatic rings. The molecule has 3 heteroatoms. The normalized spacial score (nSPS) is 13.5. The molecule has 110 valence electrons. The van der Waals surface area contributed by atoms with Gasteiger partial charge < -0.3 is 9.73 Å². The molecule has 0 saturated carbocycles. The summed E-state index contributed by atoms with van der Waals surface area (Å²) in [6.45, 7) is 13.8. The number of nitrogens with zero attached hydrogens (tertiary/aromatic N) is 1. The Labute approximate surface area is 118 Å². The fourth-order valence-electron chi connectivity index (χ4n) is 2.36. The first kappa shape index (κ1) is 16.3. The molecule has 0 aliphatic heterocycles. The summed E-state index contributed by atoms with van der Waals surface area (Å²) >= 11 is 0. The van der Waals surface area contributed by atoms with Crippen molar-refractivity contribution in [3.8, 4) is 0 Å². The van der Waals surface area contributed by atoms with Crippen molar-refractivity contribution in [1.29, 1.82) is 0 Å². The molecule has 1 heterocycles. The summed E-state index contributed by atoms with van der Waals surface area (Å²) in [6, 6.07) is 2.78. The van der Waals surface area contributed by atoms with Crippen LogP contribution in [-0.4, -0.2) is 24.5 Å². The van der Waals surface area contributed by atoms with Crippen LogP contribution in [0.3, 0.4) is 0 Å². The third-order valence-electron chi connectivity index (χ3n) is 3.61. The minimum atomic E-state index is 0.586. The molecule has 0 fully saturated rings. The lowest BCUT2D eigenvalue weighted by atomic mass is 10.0. The Kier molecular flexibility index (Phi) is 6.59. The van der Waals surface area contributed by atoms with Crippen LogP contribution < -0.4 is 5.32 Å². The minimum absolute atomic E-state index is 0.586. The highest BCUT2D eigenvalue weighted by Gasteiger charge is 2.14. The van der Waals surface area contributed by atoms with Gasteiger partial charge in [-0.05, 0) is 45.8 Å². The summed E-state index contributed by atoms with van der Waals surface area (Å²) in [7, 11) is 2.18. The van der Waals surface area contributed by atoms with E-state index < -0.39 is 0 Å². The summed E-state index contributed by atoms with van der Waals surface area (Å²) in [6.07, 6.45) is 1.22. The molecule has 0 aromatic carbocycles. The Hall–Kier alpha value is -0.800. The van der Waals surface area contributed by atoms with E-state index in [0.717, 1.165) is 37.1 Å². The maximum absolute atomic E-state index is 5.86. The van der Waals surface area contributed by atoms with E-state index in [2.05, 4.69) is 51.0 Å². The van der Waals surface area contributed by atoms with Crippen molar-refractivity contribution < 1.29 is 4.42 Å². The molecule has 1 N–H and O–H groups in total. The zero-order chi connectivity index (χ0) is 14.4. The van der Waals surface area contributed by atoms with Gasteiger partial charge in [0, 0.05) is 18.2 Å². The minimum Gasteiger partial charge on any atom is -0.465 e. The molecular weight excluding hydrogens is 236 g/mol. The van der Waals surface area contributed by atoms with Crippen molar-refractivity contribution in [1.82, 2.24) is 10.2 Å². The van der Waals surface area contributed by atoms with E-state index in [-0.39, 0.29) is 0 Å². The highest BCUT2D eigenvalue weighted by Crippen LogP contribution is 2.18. The molecule has 1 aromatic rings. The third-order valence-corrected chi connectivity index (χ3v) is 3.61. The lowest BCUT2D eigenvalue weighted by Gasteiger charge is -2.25. The van der Waals surface area contributed by atoms with Gasteiger partial charge in [0.05, 0.1) is 6.54 Å². The Morgan fingerprint density at radius 3 is 2.58 bits per heavy atom. The van der Waals surface area contributed by atoms with E-state index in [4.69, 9.17) is 4.42 Å². The second-order valence-corrected chi connectivity index (χ2v) is 5.97. The summed E-state index contributed by atoms with van der Waals surface area (Å²) in [5.74, 6) is 2.85. The van der Waals surface area contributed by atoms with Gasteiger partial charge in [0.15, 0.2) is 0 Å². The molecule has 0 amide bonds. The molecule has 0 spiro atoms. The van der Waals surface area contributed by atoms with E-state index in [0.29, 0.717) is 6.04 Å². The Balaban J connectivity index is 2.56. The van der Waals surface area contributed by atoms with Crippen LogP contribution in [0.15, 0.2) is 10.5 Å². The van der Waals surface area contributed by atoms with Gasteiger partial charge in [-0.2, -0.15) is 0 Å². The highest BCUT2D eigenvalue weighted by atomic mass is 16.3. The van der Waals surface area contributed by atoms with Crippen LogP contribution in [0.2, 0.25) is 0 Å². The van der Waals surface area contributed by atoms with Gasteiger partial charge in [0.2, 0.25) is 0 Å². The van der Waals surface area contributed by atoms with Crippen molar-refractivity contribution in [2.24, 2.45) is 5.92 Å². The van der Waals surface area contributed by atoms with Gasteiger partial charge in [0.25, 0.3) is 0 Å². The number of hydrogen-bond acceptors (Lipinski definition) is 3. The molecule has 3 nitrogen and oxygen atoms in total. The van der Waals surface area contributed by atoms with Gasteiger partial charge in [-0.1, -0.05) is 20.8 Å². The smallest absolute Gasteiger partial charge is 0.118 e. The lowest BCUT2D eigenvalue weighted by Crippen LogP contribution is -2.29. The van der Waals surface area contributed by atoms with Crippen LogP contribution in [0.5, 0.6) is 0 Å². The first-order valence-corrected chi connectivity index (χ1v) is 7.43. The summed E-state index contributed by atoms with van der Waals surface area (Å²) in [5.41, 5.74) is 1.28. The molecule has 1 rings (SSSR count). The van der Waals surface area contributed by atoms with E-state index in [1.807, 2.05) is 6.92 Å². The van der Waals surface area contributed by atoms with E-state index in [1.165, 1.54) is 12.0 Å². The average Bonchev–Trinajstić information content (AvgIpc) is 2.66. The SMILES string of the molecule is CCNCc1cc(CN(C)C(C)CC(C)C)oc1C. The second kappa shape index (κ2) is 7.71. The van der Waals surface area contributed by atoms with E-state index >= 15 is 0 Å². The summed E-state index contributed by atoms with van der Waals surface area (Å²) in [4.78, 5) is 2.37. The number of aryl methyl sites for hydroxylation is 1. The summed E-state index contributed by atoms with van der Waals surface area (Å²) < 4.78 is 5.86. The van der Waals surface area contributed by atoms with Crippen LogP contribution in [0.25, 0.3) is 0 Å². The number of nitrogens with one attached hydrogen (secondary N) is 1. The lowest BCUT2D eigenvalue weighted by molar-refractivity contribution is 0.204. The molecule has 0 radical (unpaired) electrons. The predicted octanol–water partition coefficient (Wildman–Crippen LogP) is 3.56. The van der Waals surface area contributed by atoms with Crippen LogP contribution in [0.1, 0.15) is 51.2 Å². The molecule has 0 aliphatic carbocycles. The molecule has 0 bridgehead atoms. The molecule has 1 atom stereocenters. The van der Waals surface area contributed by atoms with Crippen molar-refractivity contribution in [2.45, 2.75) is 60.2 Å². The summed E-state index contributed by atoms with van der Waals surface area (Å²) in [5, 5.41) is 3.35. The van der Waals surface area contributed by atoms with Crippen LogP contribution in [-0.2, 0) is 13.1 Å². The zero-order valence-corrected chi connectivity index (χ0v) is 13.4. The molecular formula is C16H30N2O. The molecule has 1 aromatic heterocycles. The average molecular weight is 266 g/mol. The van der Waals surface area contributed by atoms with Gasteiger partial charge in [0.1, 0.15) is 11.5 Å². The van der Waals surface area contributed by atoms with Crippen molar-refractivity contribution >= 4 is 0 Å². The van der Waals surface area contributed by atoms with Crippen LogP contribution in [0.4, 0.5) is 0 Å². The zero-order valence-electron chi connectivity index (χ0n) is 13.4. The van der Waals surface area contributed by atoms with Gasteiger partial charge >= 0.3 is 0 Å². The Morgan fingerprint density at radius 1 is 1.32 bits per heavy atom.